The minimum atomic E-state index is 0.0542. The zero-order chi connectivity index (χ0) is 13.7. The van der Waals surface area contributed by atoms with Gasteiger partial charge in [0.25, 0.3) is 5.91 Å². The van der Waals surface area contributed by atoms with E-state index in [4.69, 9.17) is 4.74 Å². The fourth-order valence-electron chi connectivity index (χ4n) is 2.33. The Hall–Kier alpha value is -1.55. The first kappa shape index (κ1) is 13.9. The van der Waals surface area contributed by atoms with E-state index in [2.05, 4.69) is 12.2 Å². The molecule has 1 aliphatic heterocycles. The molecular formula is C15H22N2O2. The van der Waals surface area contributed by atoms with Crippen molar-refractivity contribution < 1.29 is 9.53 Å². The summed E-state index contributed by atoms with van der Waals surface area (Å²) >= 11 is 0. The highest BCUT2D eigenvalue weighted by Crippen LogP contribution is 2.15. The van der Waals surface area contributed by atoms with E-state index in [0.29, 0.717) is 6.54 Å². The van der Waals surface area contributed by atoms with Crippen molar-refractivity contribution in [2.45, 2.75) is 25.9 Å². The van der Waals surface area contributed by atoms with Crippen molar-refractivity contribution in [1.29, 1.82) is 0 Å². The summed E-state index contributed by atoms with van der Waals surface area (Å²) in [6.07, 6.45) is 2.36. The molecule has 0 aliphatic carbocycles. The average molecular weight is 262 g/mol. The van der Waals surface area contributed by atoms with Gasteiger partial charge in [0.2, 0.25) is 0 Å². The second-order valence-electron chi connectivity index (χ2n) is 4.93. The maximum absolute atomic E-state index is 12.3. The number of anilines is 1. The van der Waals surface area contributed by atoms with Gasteiger partial charge in [-0.2, -0.15) is 0 Å². The van der Waals surface area contributed by atoms with E-state index < -0.39 is 0 Å². The maximum atomic E-state index is 12.3. The standard InChI is InChI=1S/C15H22N2O2/c1-3-16-13-8-6-12(7-9-13)15(18)17(2)11-14-5-4-10-19-14/h6-9,14,16H,3-5,10-11H2,1-2H3. The van der Waals surface area contributed by atoms with Gasteiger partial charge in [-0.15, -0.1) is 0 Å². The topological polar surface area (TPSA) is 41.6 Å². The van der Waals surface area contributed by atoms with Gasteiger partial charge in [-0.3, -0.25) is 4.79 Å². The van der Waals surface area contributed by atoms with Crippen LogP contribution in [0.3, 0.4) is 0 Å². The molecule has 1 fully saturated rings. The molecule has 1 aliphatic rings. The van der Waals surface area contributed by atoms with Crippen LogP contribution in [0.1, 0.15) is 30.1 Å². The third kappa shape index (κ3) is 3.70. The lowest BCUT2D eigenvalue weighted by Crippen LogP contribution is -2.34. The average Bonchev–Trinajstić information content (AvgIpc) is 2.92. The fourth-order valence-corrected chi connectivity index (χ4v) is 2.33. The molecule has 2 rings (SSSR count). The first-order valence-electron chi connectivity index (χ1n) is 6.91. The van der Waals surface area contributed by atoms with Gasteiger partial charge in [-0.05, 0) is 44.0 Å². The molecule has 0 radical (unpaired) electrons. The molecule has 0 bridgehead atoms. The monoisotopic (exact) mass is 262 g/mol. The van der Waals surface area contributed by atoms with E-state index in [1.165, 1.54) is 0 Å². The maximum Gasteiger partial charge on any atom is 0.253 e. The summed E-state index contributed by atoms with van der Waals surface area (Å²) in [5.74, 6) is 0.0542. The molecule has 1 aromatic carbocycles. The van der Waals surface area contributed by atoms with Crippen LogP contribution in [0, 0.1) is 0 Å². The summed E-state index contributed by atoms with van der Waals surface area (Å²) in [7, 11) is 1.84. The van der Waals surface area contributed by atoms with Crippen LogP contribution in [0.4, 0.5) is 5.69 Å². The van der Waals surface area contributed by atoms with Gasteiger partial charge in [0.15, 0.2) is 0 Å². The van der Waals surface area contributed by atoms with Crippen LogP contribution in [-0.4, -0.2) is 43.7 Å². The summed E-state index contributed by atoms with van der Waals surface area (Å²) in [6.45, 7) is 4.43. The van der Waals surface area contributed by atoms with E-state index in [0.717, 1.165) is 37.2 Å². The summed E-state index contributed by atoms with van der Waals surface area (Å²) in [5.41, 5.74) is 1.77. The van der Waals surface area contributed by atoms with Gasteiger partial charge in [0.1, 0.15) is 0 Å². The number of nitrogens with one attached hydrogen (secondary N) is 1. The number of rotatable bonds is 5. The number of hydrogen-bond donors (Lipinski definition) is 1. The Kier molecular flexibility index (Phi) is 4.80. The van der Waals surface area contributed by atoms with E-state index in [-0.39, 0.29) is 12.0 Å². The van der Waals surface area contributed by atoms with Crippen LogP contribution in [0.25, 0.3) is 0 Å². The van der Waals surface area contributed by atoms with Crippen LogP contribution in [-0.2, 0) is 4.74 Å². The van der Waals surface area contributed by atoms with Crippen LogP contribution < -0.4 is 5.32 Å². The van der Waals surface area contributed by atoms with Crippen molar-refractivity contribution in [2.24, 2.45) is 0 Å². The Morgan fingerprint density at radius 3 is 2.74 bits per heavy atom. The zero-order valence-electron chi connectivity index (χ0n) is 11.7. The molecule has 0 aromatic heterocycles. The molecule has 0 spiro atoms. The number of likely N-dealkylation sites (N-methyl/N-ethyl adjacent to an activating group) is 1. The normalized spacial score (nSPS) is 18.3. The van der Waals surface area contributed by atoms with Crippen molar-refractivity contribution in [3.8, 4) is 0 Å². The third-order valence-electron chi connectivity index (χ3n) is 3.36. The first-order valence-corrected chi connectivity index (χ1v) is 6.91. The van der Waals surface area contributed by atoms with Crippen molar-refractivity contribution in [1.82, 2.24) is 4.90 Å². The molecule has 1 heterocycles. The Labute approximate surface area is 114 Å². The van der Waals surface area contributed by atoms with Gasteiger partial charge >= 0.3 is 0 Å². The van der Waals surface area contributed by atoms with E-state index in [9.17, 15) is 4.79 Å². The van der Waals surface area contributed by atoms with Crippen LogP contribution in [0.5, 0.6) is 0 Å². The van der Waals surface area contributed by atoms with Gasteiger partial charge in [0, 0.05) is 38.0 Å². The summed E-state index contributed by atoms with van der Waals surface area (Å²) in [6, 6.07) is 7.62. The second-order valence-corrected chi connectivity index (χ2v) is 4.93. The SMILES string of the molecule is CCNc1ccc(C(=O)N(C)CC2CCCO2)cc1. The van der Waals surface area contributed by atoms with E-state index in [1.54, 1.807) is 4.90 Å². The predicted octanol–water partition coefficient (Wildman–Crippen LogP) is 2.37. The molecule has 4 nitrogen and oxygen atoms in total. The highest BCUT2D eigenvalue weighted by Gasteiger charge is 2.20. The molecule has 1 atom stereocenters. The molecule has 19 heavy (non-hydrogen) atoms. The quantitative estimate of drug-likeness (QED) is 0.885. The number of carbonyl (C=O) groups excluding carboxylic acids is 1. The number of nitrogens with zero attached hydrogens (tertiary/aromatic N) is 1. The lowest BCUT2D eigenvalue weighted by molar-refractivity contribution is 0.0587. The lowest BCUT2D eigenvalue weighted by Gasteiger charge is -2.21. The van der Waals surface area contributed by atoms with Crippen molar-refractivity contribution in [2.75, 3.05) is 32.1 Å². The summed E-state index contributed by atoms with van der Waals surface area (Å²) in [4.78, 5) is 14.0. The third-order valence-corrected chi connectivity index (χ3v) is 3.36. The second kappa shape index (κ2) is 6.57. The molecular weight excluding hydrogens is 240 g/mol. The van der Waals surface area contributed by atoms with Gasteiger partial charge in [0.05, 0.1) is 6.10 Å². The smallest absolute Gasteiger partial charge is 0.253 e. The highest BCUT2D eigenvalue weighted by atomic mass is 16.5. The molecule has 1 N–H and O–H groups in total. The van der Waals surface area contributed by atoms with Crippen molar-refractivity contribution in [3.05, 3.63) is 29.8 Å². The minimum absolute atomic E-state index is 0.0542. The first-order chi connectivity index (χ1) is 9.20. The Bertz CT molecular complexity index is 411. The minimum Gasteiger partial charge on any atom is -0.385 e. The molecule has 0 saturated carbocycles. The Morgan fingerprint density at radius 2 is 2.16 bits per heavy atom. The largest absolute Gasteiger partial charge is 0.385 e. The number of benzene rings is 1. The predicted molar refractivity (Wildman–Crippen MR) is 76.5 cm³/mol. The summed E-state index contributed by atoms with van der Waals surface area (Å²) < 4.78 is 5.56. The lowest BCUT2D eigenvalue weighted by atomic mass is 10.1. The summed E-state index contributed by atoms with van der Waals surface area (Å²) in [5, 5.41) is 3.22. The number of carbonyl (C=O) groups is 1. The molecule has 104 valence electrons. The molecule has 1 saturated heterocycles. The van der Waals surface area contributed by atoms with Gasteiger partial charge < -0.3 is 15.0 Å². The van der Waals surface area contributed by atoms with Gasteiger partial charge in [-0.1, -0.05) is 0 Å². The fraction of sp³-hybridized carbons (Fsp3) is 0.533. The van der Waals surface area contributed by atoms with Crippen LogP contribution >= 0.6 is 0 Å². The van der Waals surface area contributed by atoms with E-state index >= 15 is 0 Å². The zero-order valence-corrected chi connectivity index (χ0v) is 11.7. The van der Waals surface area contributed by atoms with Crippen LogP contribution in [0.2, 0.25) is 0 Å². The molecule has 1 unspecified atom stereocenters. The van der Waals surface area contributed by atoms with E-state index in [1.807, 2.05) is 31.3 Å². The Morgan fingerprint density at radius 1 is 1.42 bits per heavy atom. The van der Waals surface area contributed by atoms with Crippen molar-refractivity contribution >= 4 is 11.6 Å². The molecule has 1 aromatic rings. The number of amides is 1. The van der Waals surface area contributed by atoms with Crippen molar-refractivity contribution in [3.63, 3.8) is 0 Å². The molecule has 4 heteroatoms. The Balaban J connectivity index is 1.93. The number of ether oxygens (including phenoxy) is 1. The molecule has 1 amide bonds. The number of hydrogen-bond acceptors (Lipinski definition) is 3. The highest BCUT2D eigenvalue weighted by molar-refractivity contribution is 5.94. The van der Waals surface area contributed by atoms with Gasteiger partial charge in [-0.25, -0.2) is 0 Å². The van der Waals surface area contributed by atoms with Crippen LogP contribution in [0.15, 0.2) is 24.3 Å².